The maximum absolute atomic E-state index is 6.37. The van der Waals surface area contributed by atoms with Crippen molar-refractivity contribution in [2.24, 2.45) is 0 Å². The van der Waals surface area contributed by atoms with E-state index in [0.717, 1.165) is 44.0 Å². The molecule has 0 bridgehead atoms. The summed E-state index contributed by atoms with van der Waals surface area (Å²) in [6.45, 7) is 6.62. The molecule has 0 atom stereocenters. The SMILES string of the molecule is COCCOc1ccc(N2CCN(CCn3ncc(-c4nc(-c5ccco5)n[nH]4)c3N)CC2)cc1. The highest BCUT2D eigenvalue weighted by Crippen LogP contribution is 2.25. The highest BCUT2D eigenvalue weighted by molar-refractivity contribution is 5.68. The molecule has 4 aromatic rings. The van der Waals surface area contributed by atoms with Crippen molar-refractivity contribution >= 4 is 11.5 Å². The van der Waals surface area contributed by atoms with E-state index in [-0.39, 0.29) is 0 Å². The third kappa shape index (κ3) is 5.31. The Kier molecular flexibility index (Phi) is 6.96. The number of piperazine rings is 1. The summed E-state index contributed by atoms with van der Waals surface area (Å²) < 4.78 is 17.8. The van der Waals surface area contributed by atoms with Crippen LogP contribution in [0.5, 0.6) is 5.75 Å². The van der Waals surface area contributed by atoms with Crippen LogP contribution in [0, 0.1) is 0 Å². The van der Waals surface area contributed by atoms with Crippen LogP contribution in [-0.4, -0.2) is 82.9 Å². The number of nitrogens with zero attached hydrogens (tertiary/aromatic N) is 6. The highest BCUT2D eigenvalue weighted by atomic mass is 16.5. The van der Waals surface area contributed by atoms with Gasteiger partial charge in [0.15, 0.2) is 11.6 Å². The van der Waals surface area contributed by atoms with Crippen molar-refractivity contribution < 1.29 is 13.9 Å². The van der Waals surface area contributed by atoms with Crippen molar-refractivity contribution in [2.45, 2.75) is 6.54 Å². The van der Waals surface area contributed by atoms with E-state index in [2.05, 4.69) is 42.2 Å². The Morgan fingerprint density at radius 1 is 1.06 bits per heavy atom. The summed E-state index contributed by atoms with van der Waals surface area (Å²) in [5, 5.41) is 11.6. The lowest BCUT2D eigenvalue weighted by molar-refractivity contribution is 0.146. The number of nitrogens with two attached hydrogens (primary N) is 1. The predicted octanol–water partition coefficient (Wildman–Crippen LogP) is 2.36. The lowest BCUT2D eigenvalue weighted by Gasteiger charge is -2.36. The molecule has 184 valence electrons. The van der Waals surface area contributed by atoms with E-state index in [1.807, 2.05) is 22.9 Å². The van der Waals surface area contributed by atoms with Gasteiger partial charge in [-0.25, -0.2) is 9.67 Å². The molecular weight excluding hydrogens is 448 g/mol. The number of aromatic amines is 1. The number of H-pyrrole nitrogens is 1. The molecule has 0 unspecified atom stereocenters. The van der Waals surface area contributed by atoms with E-state index in [1.54, 1.807) is 25.6 Å². The summed E-state index contributed by atoms with van der Waals surface area (Å²) >= 11 is 0. The number of furan rings is 1. The average molecular weight is 479 g/mol. The van der Waals surface area contributed by atoms with Gasteiger partial charge in [-0.3, -0.25) is 10.00 Å². The number of nitrogens with one attached hydrogen (secondary N) is 1. The molecule has 1 fully saturated rings. The quantitative estimate of drug-likeness (QED) is 0.331. The van der Waals surface area contributed by atoms with Gasteiger partial charge in [-0.1, -0.05) is 0 Å². The van der Waals surface area contributed by atoms with Gasteiger partial charge in [0.05, 0.1) is 31.2 Å². The summed E-state index contributed by atoms with van der Waals surface area (Å²) in [5.74, 6) is 3.10. The highest BCUT2D eigenvalue weighted by Gasteiger charge is 2.19. The number of nitrogen functional groups attached to an aromatic ring is 1. The van der Waals surface area contributed by atoms with Crippen molar-refractivity contribution in [2.75, 3.05) is 63.7 Å². The van der Waals surface area contributed by atoms with Gasteiger partial charge >= 0.3 is 0 Å². The largest absolute Gasteiger partial charge is 0.491 e. The Balaban J connectivity index is 1.11. The number of hydrogen-bond donors (Lipinski definition) is 2. The zero-order chi connectivity index (χ0) is 24.0. The average Bonchev–Trinajstić information content (AvgIpc) is 3.65. The molecule has 4 heterocycles. The molecule has 1 aliphatic rings. The molecule has 11 nitrogen and oxygen atoms in total. The molecule has 1 saturated heterocycles. The van der Waals surface area contributed by atoms with Gasteiger partial charge in [0, 0.05) is 45.5 Å². The predicted molar refractivity (Wildman–Crippen MR) is 132 cm³/mol. The molecule has 0 aliphatic carbocycles. The van der Waals surface area contributed by atoms with Crippen LogP contribution in [0.1, 0.15) is 0 Å². The number of methoxy groups -OCH3 is 1. The van der Waals surface area contributed by atoms with Crippen LogP contribution in [-0.2, 0) is 11.3 Å². The van der Waals surface area contributed by atoms with Gasteiger partial charge in [-0.2, -0.15) is 5.10 Å². The van der Waals surface area contributed by atoms with Crippen molar-refractivity contribution in [3.05, 3.63) is 48.9 Å². The molecule has 5 rings (SSSR count). The number of benzene rings is 1. The normalized spacial score (nSPS) is 14.5. The number of anilines is 2. The fourth-order valence-corrected chi connectivity index (χ4v) is 4.12. The molecule has 1 aliphatic heterocycles. The van der Waals surface area contributed by atoms with Crippen LogP contribution in [0.4, 0.5) is 11.5 Å². The Hall–Kier alpha value is -3.83. The first-order valence-corrected chi connectivity index (χ1v) is 11.7. The second-order valence-electron chi connectivity index (χ2n) is 8.32. The van der Waals surface area contributed by atoms with Crippen LogP contribution in [0.25, 0.3) is 23.0 Å². The van der Waals surface area contributed by atoms with Crippen molar-refractivity contribution in [1.82, 2.24) is 29.9 Å². The summed E-state index contributed by atoms with van der Waals surface area (Å²) in [6, 6.07) is 11.9. The first-order valence-electron chi connectivity index (χ1n) is 11.7. The molecule has 3 aromatic heterocycles. The van der Waals surface area contributed by atoms with E-state index >= 15 is 0 Å². The van der Waals surface area contributed by atoms with Crippen LogP contribution in [0.15, 0.2) is 53.3 Å². The Morgan fingerprint density at radius 2 is 1.89 bits per heavy atom. The molecule has 1 aromatic carbocycles. The Bertz CT molecular complexity index is 1190. The Morgan fingerprint density at radius 3 is 2.63 bits per heavy atom. The maximum Gasteiger partial charge on any atom is 0.217 e. The smallest absolute Gasteiger partial charge is 0.217 e. The molecule has 11 heteroatoms. The van der Waals surface area contributed by atoms with Crippen LogP contribution in [0.2, 0.25) is 0 Å². The maximum atomic E-state index is 6.37. The lowest BCUT2D eigenvalue weighted by atomic mass is 10.2. The summed E-state index contributed by atoms with van der Waals surface area (Å²) in [5.41, 5.74) is 8.32. The third-order valence-corrected chi connectivity index (χ3v) is 6.12. The molecule has 0 amide bonds. The van der Waals surface area contributed by atoms with Gasteiger partial charge in [-0.05, 0) is 36.4 Å². The molecule has 0 radical (unpaired) electrons. The fourth-order valence-electron chi connectivity index (χ4n) is 4.12. The van der Waals surface area contributed by atoms with Crippen molar-refractivity contribution in [1.29, 1.82) is 0 Å². The Labute approximate surface area is 203 Å². The molecule has 35 heavy (non-hydrogen) atoms. The van der Waals surface area contributed by atoms with Gasteiger partial charge in [0.1, 0.15) is 18.2 Å². The van der Waals surface area contributed by atoms with E-state index in [1.165, 1.54) is 5.69 Å². The number of aromatic nitrogens is 5. The number of hydrogen-bond acceptors (Lipinski definition) is 9. The van der Waals surface area contributed by atoms with Crippen molar-refractivity contribution in [3.63, 3.8) is 0 Å². The zero-order valence-electron chi connectivity index (χ0n) is 19.8. The summed E-state index contributed by atoms with van der Waals surface area (Å²) in [4.78, 5) is 9.32. The standard InChI is InChI=1S/C24H30N8O3/c1-33-15-16-34-19-6-4-18(5-7-19)31-11-8-30(9-12-31)10-13-32-22(25)20(17-26-32)23-27-24(29-28-23)21-3-2-14-35-21/h2-7,14,17H,8-13,15-16,25H2,1H3,(H,27,28,29). The molecule has 3 N–H and O–H groups in total. The first-order chi connectivity index (χ1) is 17.2. The summed E-state index contributed by atoms with van der Waals surface area (Å²) in [7, 11) is 1.67. The molecule has 0 spiro atoms. The minimum absolute atomic E-state index is 0.489. The molecule has 0 saturated carbocycles. The van der Waals surface area contributed by atoms with Crippen LogP contribution in [0.3, 0.4) is 0 Å². The number of rotatable bonds is 10. The second kappa shape index (κ2) is 10.6. The topological polar surface area (TPSA) is 123 Å². The van der Waals surface area contributed by atoms with Gasteiger partial charge in [0.25, 0.3) is 0 Å². The van der Waals surface area contributed by atoms with E-state index < -0.39 is 0 Å². The van der Waals surface area contributed by atoms with Crippen molar-refractivity contribution in [3.8, 4) is 28.7 Å². The van der Waals surface area contributed by atoms with Gasteiger partial charge < -0.3 is 24.5 Å². The van der Waals surface area contributed by atoms with E-state index in [9.17, 15) is 0 Å². The molecular formula is C24H30N8O3. The minimum atomic E-state index is 0.489. The monoisotopic (exact) mass is 478 g/mol. The zero-order valence-corrected chi connectivity index (χ0v) is 19.8. The minimum Gasteiger partial charge on any atom is -0.491 e. The first kappa shape index (κ1) is 22.9. The second-order valence-corrected chi connectivity index (χ2v) is 8.32. The van der Waals surface area contributed by atoms with Crippen LogP contribution < -0.4 is 15.4 Å². The van der Waals surface area contributed by atoms with Gasteiger partial charge in [0.2, 0.25) is 5.82 Å². The fraction of sp³-hybridized carbons (Fsp3) is 0.375. The summed E-state index contributed by atoms with van der Waals surface area (Å²) in [6.07, 6.45) is 3.32. The third-order valence-electron chi connectivity index (χ3n) is 6.12. The van der Waals surface area contributed by atoms with Gasteiger partial charge in [-0.15, -0.1) is 5.10 Å². The van der Waals surface area contributed by atoms with Crippen LogP contribution >= 0.6 is 0 Å². The van der Waals surface area contributed by atoms with E-state index in [0.29, 0.717) is 43.0 Å². The number of ether oxygens (including phenoxy) is 2. The van der Waals surface area contributed by atoms with E-state index in [4.69, 9.17) is 19.6 Å². The lowest BCUT2D eigenvalue weighted by Crippen LogP contribution is -2.47.